The minimum absolute atomic E-state index is 0.139. The molecule has 0 unspecified atom stereocenters. The number of aromatic hydroxyl groups is 4. The Morgan fingerprint density at radius 3 is 1.12 bits per heavy atom. The lowest BCUT2D eigenvalue weighted by Crippen LogP contribution is -1.95. The predicted molar refractivity (Wildman–Crippen MR) is 167 cm³/mol. The number of rotatable bonds is 4. The third kappa shape index (κ3) is 7.47. The van der Waals surface area contributed by atoms with Gasteiger partial charge in [-0.3, -0.25) is 0 Å². The van der Waals surface area contributed by atoms with E-state index in [0.29, 0.717) is 11.1 Å². The van der Waals surface area contributed by atoms with E-state index in [1.54, 1.807) is 74.5 Å². The van der Waals surface area contributed by atoms with Crippen LogP contribution in [-0.4, -0.2) is 20.4 Å². The molecule has 0 saturated heterocycles. The Morgan fingerprint density at radius 1 is 0.450 bits per heavy atom. The van der Waals surface area contributed by atoms with E-state index in [4.69, 9.17) is 46.4 Å². The minimum atomic E-state index is 0.139. The number of hydrogen-bond donors (Lipinski definition) is 4. The molecule has 0 aromatic heterocycles. The molecule has 4 rings (SSSR count). The van der Waals surface area contributed by atoms with E-state index in [-0.39, 0.29) is 32.0 Å². The van der Waals surface area contributed by atoms with Crippen LogP contribution in [0.1, 0.15) is 44.5 Å². The summed E-state index contributed by atoms with van der Waals surface area (Å²) in [6, 6.07) is 20.4. The van der Waals surface area contributed by atoms with Gasteiger partial charge in [-0.05, 0) is 121 Å². The van der Waals surface area contributed by atoms with E-state index in [1.165, 1.54) is 0 Å². The number of phenols is 4. The van der Waals surface area contributed by atoms with Gasteiger partial charge in [0.25, 0.3) is 0 Å². The minimum Gasteiger partial charge on any atom is -0.508 e. The van der Waals surface area contributed by atoms with E-state index < -0.39 is 0 Å². The highest BCUT2D eigenvalue weighted by atomic mass is 35.5. The summed E-state index contributed by atoms with van der Waals surface area (Å²) in [6.45, 7) is 7.37. The summed E-state index contributed by atoms with van der Waals surface area (Å²) in [5.41, 5.74) is 7.87. The van der Waals surface area contributed by atoms with Crippen LogP contribution in [0.5, 0.6) is 23.0 Å². The number of hydrogen-bond acceptors (Lipinski definition) is 4. The molecule has 0 fully saturated rings. The highest BCUT2D eigenvalue weighted by Crippen LogP contribution is 2.37. The van der Waals surface area contributed by atoms with Gasteiger partial charge >= 0.3 is 0 Å². The summed E-state index contributed by atoms with van der Waals surface area (Å²) in [4.78, 5) is 0. The largest absolute Gasteiger partial charge is 0.508 e. The van der Waals surface area contributed by atoms with E-state index in [9.17, 15) is 20.4 Å². The van der Waals surface area contributed by atoms with Crippen molar-refractivity contribution in [2.45, 2.75) is 27.7 Å². The van der Waals surface area contributed by atoms with Gasteiger partial charge in [0.1, 0.15) is 32.0 Å². The second-order valence-corrected chi connectivity index (χ2v) is 11.2. The summed E-state index contributed by atoms with van der Waals surface area (Å²) in [5, 5.41) is 38.2. The fourth-order valence-electron chi connectivity index (χ4n) is 4.21. The Labute approximate surface area is 254 Å². The van der Waals surface area contributed by atoms with Gasteiger partial charge in [-0.1, -0.05) is 70.7 Å². The van der Waals surface area contributed by atoms with Crippen LogP contribution in [0.25, 0.3) is 11.1 Å². The maximum atomic E-state index is 9.60. The first-order valence-electron chi connectivity index (χ1n) is 12.1. The molecule has 0 radical (unpaired) electrons. The molecule has 4 nitrogen and oxygen atoms in total. The smallest absolute Gasteiger partial charge is 0.118 e. The van der Waals surface area contributed by atoms with Crippen LogP contribution >= 0.6 is 46.4 Å². The Kier molecular flexibility index (Phi) is 10.5. The molecule has 4 N–H and O–H groups in total. The van der Waals surface area contributed by atoms with Gasteiger partial charge < -0.3 is 20.4 Å². The lowest BCUT2D eigenvalue weighted by molar-refractivity contribution is 0.470. The monoisotopic (exact) mass is 616 g/mol. The molecule has 0 saturated carbocycles. The van der Waals surface area contributed by atoms with Crippen LogP contribution in [0.15, 0.2) is 81.8 Å². The SMILES string of the molecule is Cc1cc(C(=C(Cl)Cl)c2ccc(O)c(C)c2)ccc1O.Cc1cc(O)ccc1C(=C(Cl)Cl)c1ccc(O)cc1C. The fraction of sp³-hybridized carbons (Fsp3) is 0.125. The van der Waals surface area contributed by atoms with Gasteiger partial charge in [0, 0.05) is 11.1 Å². The zero-order valence-electron chi connectivity index (χ0n) is 22.2. The fourth-order valence-corrected chi connectivity index (χ4v) is 5.06. The molecule has 0 spiro atoms. The van der Waals surface area contributed by atoms with Gasteiger partial charge in [-0.15, -0.1) is 0 Å². The van der Waals surface area contributed by atoms with Crippen molar-refractivity contribution in [2.24, 2.45) is 0 Å². The molecular formula is C32H28Cl4O4. The Hall–Kier alpha value is -3.28. The van der Waals surface area contributed by atoms with Crippen LogP contribution in [0.2, 0.25) is 0 Å². The molecule has 40 heavy (non-hydrogen) atoms. The molecule has 0 aliphatic rings. The Balaban J connectivity index is 0.000000220. The van der Waals surface area contributed by atoms with Crippen LogP contribution in [0.4, 0.5) is 0 Å². The lowest BCUT2D eigenvalue weighted by Gasteiger charge is -2.14. The first-order chi connectivity index (χ1) is 18.8. The number of halogens is 4. The highest BCUT2D eigenvalue weighted by Gasteiger charge is 2.15. The van der Waals surface area contributed by atoms with Crippen LogP contribution in [0.3, 0.4) is 0 Å². The third-order valence-electron chi connectivity index (χ3n) is 6.31. The molecule has 0 aliphatic heterocycles. The van der Waals surface area contributed by atoms with Gasteiger partial charge in [0.15, 0.2) is 0 Å². The number of benzene rings is 4. The molecule has 0 bridgehead atoms. The van der Waals surface area contributed by atoms with Crippen LogP contribution < -0.4 is 0 Å². The van der Waals surface area contributed by atoms with E-state index in [0.717, 1.165) is 44.5 Å². The molecule has 4 aromatic carbocycles. The normalized spacial score (nSPS) is 10.4. The Bertz CT molecular complexity index is 1510. The maximum absolute atomic E-state index is 9.60. The summed E-state index contributed by atoms with van der Waals surface area (Å²) >= 11 is 24.1. The first kappa shape index (κ1) is 31.3. The van der Waals surface area contributed by atoms with Crippen molar-refractivity contribution in [3.63, 3.8) is 0 Å². The van der Waals surface area contributed by atoms with E-state index >= 15 is 0 Å². The van der Waals surface area contributed by atoms with Gasteiger partial charge in [0.2, 0.25) is 0 Å². The number of aryl methyl sites for hydroxylation is 4. The summed E-state index contributed by atoms with van der Waals surface area (Å²) in [5.74, 6) is 0.832. The second kappa shape index (κ2) is 13.4. The zero-order chi connectivity index (χ0) is 29.7. The van der Waals surface area contributed by atoms with Gasteiger partial charge in [-0.2, -0.15) is 0 Å². The second-order valence-electron chi connectivity index (χ2n) is 9.27. The van der Waals surface area contributed by atoms with Crippen molar-refractivity contribution in [2.75, 3.05) is 0 Å². The third-order valence-corrected chi connectivity index (χ3v) is 7.06. The molecule has 0 aliphatic carbocycles. The molecule has 4 aromatic rings. The van der Waals surface area contributed by atoms with Crippen molar-refractivity contribution < 1.29 is 20.4 Å². The maximum Gasteiger partial charge on any atom is 0.118 e. The van der Waals surface area contributed by atoms with Gasteiger partial charge in [0.05, 0.1) is 0 Å². The standard InChI is InChI=1S/2C16H14Cl2O2/c1-9-7-11(19)3-5-13(9)15(16(17)18)14-6-4-12(20)8-10(14)2;1-9-7-11(3-5-13(9)19)15(16(17)18)12-4-6-14(20)10(2)8-12/h2*3-8,19-20H,1-2H3. The first-order valence-corrected chi connectivity index (χ1v) is 13.6. The summed E-state index contributed by atoms with van der Waals surface area (Å²) in [7, 11) is 0. The van der Waals surface area contributed by atoms with E-state index in [1.807, 2.05) is 26.0 Å². The molecule has 208 valence electrons. The zero-order valence-corrected chi connectivity index (χ0v) is 25.3. The topological polar surface area (TPSA) is 80.9 Å². The molecule has 0 heterocycles. The van der Waals surface area contributed by atoms with Crippen molar-refractivity contribution in [3.8, 4) is 23.0 Å². The molecular weight excluding hydrogens is 590 g/mol. The number of phenolic OH excluding ortho intramolecular Hbond substituents is 4. The average Bonchev–Trinajstić information content (AvgIpc) is 2.86. The van der Waals surface area contributed by atoms with Crippen LogP contribution in [0, 0.1) is 27.7 Å². The lowest BCUT2D eigenvalue weighted by atomic mass is 9.92. The average molecular weight is 618 g/mol. The molecule has 8 heteroatoms. The quantitative estimate of drug-likeness (QED) is 0.184. The molecule has 0 atom stereocenters. The van der Waals surface area contributed by atoms with Crippen molar-refractivity contribution in [1.82, 2.24) is 0 Å². The van der Waals surface area contributed by atoms with Crippen molar-refractivity contribution >= 4 is 57.5 Å². The summed E-state index contributed by atoms with van der Waals surface area (Å²) in [6.07, 6.45) is 0. The summed E-state index contributed by atoms with van der Waals surface area (Å²) < 4.78 is 0.285. The van der Waals surface area contributed by atoms with Gasteiger partial charge in [-0.25, -0.2) is 0 Å². The Morgan fingerprint density at radius 2 is 0.825 bits per heavy atom. The van der Waals surface area contributed by atoms with Crippen LogP contribution in [-0.2, 0) is 0 Å². The predicted octanol–water partition coefficient (Wildman–Crippen LogP) is 9.82. The van der Waals surface area contributed by atoms with E-state index in [2.05, 4.69) is 0 Å². The highest BCUT2D eigenvalue weighted by molar-refractivity contribution is 6.59. The van der Waals surface area contributed by atoms with Crippen molar-refractivity contribution in [3.05, 3.63) is 126 Å². The van der Waals surface area contributed by atoms with Crippen molar-refractivity contribution in [1.29, 1.82) is 0 Å². The molecule has 0 amide bonds.